The minimum absolute atomic E-state index is 0. The lowest BCUT2D eigenvalue weighted by Crippen LogP contribution is -2.27. The molecule has 0 aliphatic carbocycles. The van der Waals surface area contributed by atoms with Gasteiger partial charge in [-0.15, -0.1) is 12.4 Å². The maximum atomic E-state index is 12.7. The van der Waals surface area contributed by atoms with Gasteiger partial charge in [0.1, 0.15) is 0 Å². The molecule has 1 aliphatic rings. The van der Waals surface area contributed by atoms with E-state index in [0.29, 0.717) is 12.2 Å². The fourth-order valence-corrected chi connectivity index (χ4v) is 3.28. The van der Waals surface area contributed by atoms with Gasteiger partial charge in [-0.2, -0.15) is 10.2 Å². The van der Waals surface area contributed by atoms with E-state index in [1.165, 1.54) is 0 Å². The third kappa shape index (κ3) is 3.63. The number of hydrogen-bond acceptors (Lipinski definition) is 4. The van der Waals surface area contributed by atoms with Gasteiger partial charge in [0.15, 0.2) is 0 Å². The first-order chi connectivity index (χ1) is 12.2. The molecule has 4 rings (SSSR count). The number of para-hydroxylation sites is 1. The summed E-state index contributed by atoms with van der Waals surface area (Å²) in [6.07, 6.45) is 7.32. The average molecular weight is 373 g/mol. The molecule has 3 heterocycles. The number of nitrogens with one attached hydrogen (secondary N) is 2. The van der Waals surface area contributed by atoms with Crippen molar-refractivity contribution in [3.8, 4) is 5.69 Å². The summed E-state index contributed by atoms with van der Waals surface area (Å²) >= 11 is 0. The van der Waals surface area contributed by atoms with E-state index in [9.17, 15) is 4.79 Å². The van der Waals surface area contributed by atoms with Crippen molar-refractivity contribution in [2.24, 2.45) is 13.0 Å². The summed E-state index contributed by atoms with van der Waals surface area (Å²) in [7, 11) is 1.89. The van der Waals surface area contributed by atoms with Gasteiger partial charge in [-0.3, -0.25) is 9.48 Å². The highest BCUT2D eigenvalue weighted by molar-refractivity contribution is 5.93. The van der Waals surface area contributed by atoms with E-state index in [-0.39, 0.29) is 30.2 Å². The third-order valence-corrected chi connectivity index (χ3v) is 4.57. The number of carbonyl (C=O) groups excluding carboxylic acids is 1. The zero-order valence-electron chi connectivity index (χ0n) is 14.4. The van der Waals surface area contributed by atoms with Crippen molar-refractivity contribution in [2.45, 2.75) is 5.92 Å². The predicted molar refractivity (Wildman–Crippen MR) is 102 cm³/mol. The molecule has 0 saturated carbocycles. The van der Waals surface area contributed by atoms with Crippen molar-refractivity contribution in [3.63, 3.8) is 0 Å². The van der Waals surface area contributed by atoms with Crippen LogP contribution in [0.1, 0.15) is 11.5 Å². The van der Waals surface area contributed by atoms with Crippen LogP contribution in [0.2, 0.25) is 0 Å². The first-order valence-electron chi connectivity index (χ1n) is 8.31. The maximum Gasteiger partial charge on any atom is 0.229 e. The molecule has 1 amide bonds. The van der Waals surface area contributed by atoms with Crippen LogP contribution in [0.25, 0.3) is 5.69 Å². The fraction of sp³-hybridized carbons (Fsp3) is 0.278. The first kappa shape index (κ1) is 18.2. The second-order valence-corrected chi connectivity index (χ2v) is 6.32. The normalized spacial score (nSPS) is 19.1. The Bertz CT molecular complexity index is 875. The number of aryl methyl sites for hydroxylation is 1. The van der Waals surface area contributed by atoms with E-state index in [4.69, 9.17) is 0 Å². The zero-order chi connectivity index (χ0) is 17.2. The average Bonchev–Trinajstić information content (AvgIpc) is 3.35. The third-order valence-electron chi connectivity index (χ3n) is 4.57. The second-order valence-electron chi connectivity index (χ2n) is 6.32. The van der Waals surface area contributed by atoms with Gasteiger partial charge < -0.3 is 10.6 Å². The van der Waals surface area contributed by atoms with Crippen LogP contribution >= 0.6 is 12.4 Å². The summed E-state index contributed by atoms with van der Waals surface area (Å²) in [5.74, 6) is 0.0219. The van der Waals surface area contributed by atoms with Crippen LogP contribution < -0.4 is 10.6 Å². The SMILES string of the molecule is Cl.Cn1cc([C@H]2CNC[C@@H]2C(=O)Nc2cnn(-c3ccccc3)c2)cn1. The zero-order valence-corrected chi connectivity index (χ0v) is 15.2. The molecular weight excluding hydrogens is 352 g/mol. The molecule has 0 bridgehead atoms. The number of halogens is 1. The molecule has 1 fully saturated rings. The summed E-state index contributed by atoms with van der Waals surface area (Å²) in [4.78, 5) is 12.7. The molecule has 7 nitrogen and oxygen atoms in total. The van der Waals surface area contributed by atoms with Gasteiger partial charge in [0, 0.05) is 32.3 Å². The van der Waals surface area contributed by atoms with Crippen molar-refractivity contribution in [3.05, 3.63) is 60.7 Å². The number of rotatable bonds is 4. The molecule has 1 aromatic carbocycles. The topological polar surface area (TPSA) is 76.8 Å². The van der Waals surface area contributed by atoms with Crippen LogP contribution in [-0.2, 0) is 11.8 Å². The summed E-state index contributed by atoms with van der Waals surface area (Å²) in [6, 6.07) is 9.81. The minimum atomic E-state index is -0.121. The highest BCUT2D eigenvalue weighted by Crippen LogP contribution is 2.28. The Morgan fingerprint density at radius 3 is 2.69 bits per heavy atom. The molecule has 1 aliphatic heterocycles. The molecule has 26 heavy (non-hydrogen) atoms. The Morgan fingerprint density at radius 1 is 1.15 bits per heavy atom. The van der Waals surface area contributed by atoms with Gasteiger partial charge in [0.2, 0.25) is 5.91 Å². The molecule has 136 valence electrons. The van der Waals surface area contributed by atoms with Crippen molar-refractivity contribution in [1.29, 1.82) is 0 Å². The van der Waals surface area contributed by atoms with E-state index in [2.05, 4.69) is 20.8 Å². The largest absolute Gasteiger partial charge is 0.323 e. The fourth-order valence-electron chi connectivity index (χ4n) is 3.28. The van der Waals surface area contributed by atoms with Gasteiger partial charge in [-0.05, 0) is 17.7 Å². The maximum absolute atomic E-state index is 12.7. The van der Waals surface area contributed by atoms with E-state index in [0.717, 1.165) is 17.8 Å². The molecule has 2 atom stereocenters. The number of anilines is 1. The molecule has 0 spiro atoms. The summed E-state index contributed by atoms with van der Waals surface area (Å²) in [6.45, 7) is 1.45. The Hall–Kier alpha value is -2.64. The number of amides is 1. The van der Waals surface area contributed by atoms with Crippen molar-refractivity contribution in [1.82, 2.24) is 24.9 Å². The van der Waals surface area contributed by atoms with Crippen LogP contribution in [0.3, 0.4) is 0 Å². The van der Waals surface area contributed by atoms with Crippen LogP contribution in [0.15, 0.2) is 55.1 Å². The van der Waals surface area contributed by atoms with Gasteiger partial charge in [-0.25, -0.2) is 4.68 Å². The molecule has 1 saturated heterocycles. The Kier molecular flexibility index (Phi) is 5.39. The summed E-state index contributed by atoms with van der Waals surface area (Å²) in [5, 5.41) is 14.8. The molecule has 8 heteroatoms. The number of aromatic nitrogens is 4. The Balaban J connectivity index is 0.00000196. The highest BCUT2D eigenvalue weighted by atomic mass is 35.5. The van der Waals surface area contributed by atoms with E-state index in [1.807, 2.05) is 56.0 Å². The van der Waals surface area contributed by atoms with Gasteiger partial charge in [-0.1, -0.05) is 18.2 Å². The number of benzene rings is 1. The number of hydrogen-bond donors (Lipinski definition) is 2. The molecule has 2 N–H and O–H groups in total. The number of nitrogens with zero attached hydrogens (tertiary/aromatic N) is 4. The second kappa shape index (κ2) is 7.72. The van der Waals surface area contributed by atoms with Crippen LogP contribution in [0.4, 0.5) is 5.69 Å². The van der Waals surface area contributed by atoms with Crippen LogP contribution in [0.5, 0.6) is 0 Å². The Morgan fingerprint density at radius 2 is 1.96 bits per heavy atom. The molecule has 2 aromatic heterocycles. The van der Waals surface area contributed by atoms with Crippen molar-refractivity contribution >= 4 is 24.0 Å². The van der Waals surface area contributed by atoms with Crippen LogP contribution in [0, 0.1) is 5.92 Å². The van der Waals surface area contributed by atoms with Gasteiger partial charge in [0.05, 0.1) is 35.9 Å². The predicted octanol–water partition coefficient (Wildman–Crippen LogP) is 1.97. The Labute approximate surface area is 157 Å². The lowest BCUT2D eigenvalue weighted by Gasteiger charge is -2.16. The van der Waals surface area contributed by atoms with Crippen LogP contribution in [-0.4, -0.2) is 38.6 Å². The molecule has 0 radical (unpaired) electrons. The van der Waals surface area contributed by atoms with Gasteiger partial charge >= 0.3 is 0 Å². The molecular formula is C18H21ClN6O. The smallest absolute Gasteiger partial charge is 0.229 e. The highest BCUT2D eigenvalue weighted by Gasteiger charge is 2.34. The van der Waals surface area contributed by atoms with E-state index in [1.54, 1.807) is 15.6 Å². The molecule has 0 unspecified atom stereocenters. The summed E-state index contributed by atoms with van der Waals surface area (Å²) < 4.78 is 3.52. The monoisotopic (exact) mass is 372 g/mol. The van der Waals surface area contributed by atoms with Crippen molar-refractivity contribution in [2.75, 3.05) is 18.4 Å². The lowest BCUT2D eigenvalue weighted by atomic mass is 9.90. The van der Waals surface area contributed by atoms with E-state index < -0.39 is 0 Å². The van der Waals surface area contributed by atoms with Crippen molar-refractivity contribution < 1.29 is 4.79 Å². The quantitative estimate of drug-likeness (QED) is 0.734. The first-order valence-corrected chi connectivity index (χ1v) is 8.31. The minimum Gasteiger partial charge on any atom is -0.323 e. The molecule has 3 aromatic rings. The summed E-state index contributed by atoms with van der Waals surface area (Å²) in [5.41, 5.74) is 2.75. The lowest BCUT2D eigenvalue weighted by molar-refractivity contribution is -0.119. The standard InChI is InChI=1S/C18H20N6O.ClH/c1-23-11-13(7-20-23)16-9-19-10-17(16)18(25)22-14-8-21-24(12-14)15-5-3-2-4-6-15;/h2-8,11-12,16-17,19H,9-10H2,1H3,(H,22,25);1H/t16-,17+;/m1./s1. The van der Waals surface area contributed by atoms with Gasteiger partial charge in [0.25, 0.3) is 0 Å². The van der Waals surface area contributed by atoms with E-state index >= 15 is 0 Å². The number of carbonyl (C=O) groups is 1.